The van der Waals surface area contributed by atoms with Gasteiger partial charge in [0.2, 0.25) is 0 Å². The average molecular weight is 392 g/mol. The molecule has 2 heterocycles. The Kier molecular flexibility index (Phi) is 5.08. The van der Waals surface area contributed by atoms with Crippen molar-refractivity contribution in [1.29, 1.82) is 0 Å². The van der Waals surface area contributed by atoms with E-state index in [0.29, 0.717) is 17.9 Å². The Labute approximate surface area is 165 Å². The zero-order valence-corrected chi connectivity index (χ0v) is 16.3. The summed E-state index contributed by atoms with van der Waals surface area (Å²) >= 11 is 1.41. The van der Waals surface area contributed by atoms with Crippen LogP contribution in [0.15, 0.2) is 76.0 Å². The predicted molar refractivity (Wildman–Crippen MR) is 110 cm³/mol. The van der Waals surface area contributed by atoms with E-state index >= 15 is 0 Å². The second-order valence-corrected chi connectivity index (χ2v) is 7.28. The Morgan fingerprint density at radius 1 is 1.00 bits per heavy atom. The molecule has 4 aromatic rings. The molecule has 0 aliphatic carbocycles. The van der Waals surface area contributed by atoms with Crippen molar-refractivity contribution < 1.29 is 4.79 Å². The van der Waals surface area contributed by atoms with E-state index in [1.54, 1.807) is 4.57 Å². The molecular weight excluding hydrogens is 372 g/mol. The summed E-state index contributed by atoms with van der Waals surface area (Å²) in [6.45, 7) is 3.04. The van der Waals surface area contributed by atoms with Gasteiger partial charge in [-0.3, -0.25) is 13.9 Å². The number of hydrogen-bond donors (Lipinski definition) is 0. The van der Waals surface area contributed by atoms with Gasteiger partial charge in [-0.2, -0.15) is 4.99 Å². The first-order valence-electron chi connectivity index (χ1n) is 9.11. The summed E-state index contributed by atoms with van der Waals surface area (Å²) in [5, 5.41) is 1.91. The fourth-order valence-electron chi connectivity index (χ4n) is 3.30. The van der Waals surface area contributed by atoms with Crippen molar-refractivity contribution in [2.45, 2.75) is 26.6 Å². The quantitative estimate of drug-likeness (QED) is 0.524. The van der Waals surface area contributed by atoms with E-state index in [1.807, 2.05) is 77.7 Å². The molecule has 2 aromatic carbocycles. The molecule has 0 saturated heterocycles. The zero-order chi connectivity index (χ0) is 19.5. The third-order valence-electron chi connectivity index (χ3n) is 4.61. The lowest BCUT2D eigenvalue weighted by molar-refractivity contribution is -0.118. The van der Waals surface area contributed by atoms with Crippen LogP contribution in [0.5, 0.6) is 0 Å². The van der Waals surface area contributed by atoms with Crippen molar-refractivity contribution in [1.82, 2.24) is 13.7 Å². The molecule has 0 aliphatic heterocycles. The molecule has 2 aromatic heterocycles. The molecule has 6 nitrogen and oxygen atoms in total. The SMILES string of the molecule is CCn1c(=O)n(CC(=O)N=c2sccn2Cc2ccccc2)c2ccccc21. The number of thiazole rings is 1. The average Bonchev–Trinajstić information content (AvgIpc) is 3.25. The van der Waals surface area contributed by atoms with Gasteiger partial charge in [0.15, 0.2) is 4.80 Å². The first kappa shape index (κ1) is 18.2. The van der Waals surface area contributed by atoms with Crippen molar-refractivity contribution in [3.63, 3.8) is 0 Å². The van der Waals surface area contributed by atoms with Gasteiger partial charge in [0.1, 0.15) is 6.54 Å². The van der Waals surface area contributed by atoms with E-state index in [0.717, 1.165) is 16.6 Å². The molecule has 0 N–H and O–H groups in total. The van der Waals surface area contributed by atoms with E-state index in [9.17, 15) is 9.59 Å². The largest absolute Gasteiger partial charge is 0.329 e. The standard InChI is InChI=1S/C21H20N4O2S/c1-2-24-17-10-6-7-11-18(17)25(21(24)27)15-19(26)22-20-23(12-13-28-20)14-16-8-4-3-5-9-16/h3-13H,2,14-15H2,1H3. The van der Waals surface area contributed by atoms with E-state index in [1.165, 1.54) is 15.9 Å². The van der Waals surface area contributed by atoms with Crippen LogP contribution in [0.3, 0.4) is 0 Å². The zero-order valence-electron chi connectivity index (χ0n) is 15.5. The number of rotatable bonds is 5. The van der Waals surface area contributed by atoms with Gasteiger partial charge in [-0.1, -0.05) is 42.5 Å². The van der Waals surface area contributed by atoms with Crippen LogP contribution in [0.2, 0.25) is 0 Å². The predicted octanol–water partition coefficient (Wildman–Crippen LogP) is 2.86. The first-order chi connectivity index (χ1) is 13.7. The van der Waals surface area contributed by atoms with Gasteiger partial charge in [-0.25, -0.2) is 4.79 Å². The third kappa shape index (κ3) is 3.48. The van der Waals surface area contributed by atoms with E-state index < -0.39 is 0 Å². The molecule has 0 unspecified atom stereocenters. The number of hydrogen-bond acceptors (Lipinski definition) is 3. The summed E-state index contributed by atoms with van der Waals surface area (Å²) in [4.78, 5) is 30.2. The van der Waals surface area contributed by atoms with E-state index in [2.05, 4.69) is 4.99 Å². The molecular formula is C21H20N4O2S. The highest BCUT2D eigenvalue weighted by atomic mass is 32.1. The third-order valence-corrected chi connectivity index (χ3v) is 5.41. The molecule has 0 bridgehead atoms. The number of aromatic nitrogens is 3. The lowest BCUT2D eigenvalue weighted by Crippen LogP contribution is -2.27. The smallest absolute Gasteiger partial charge is 0.319 e. The van der Waals surface area contributed by atoms with Crippen LogP contribution in [0.4, 0.5) is 0 Å². The lowest BCUT2D eigenvalue weighted by atomic mass is 10.2. The Hall–Kier alpha value is -3.19. The number of para-hydroxylation sites is 2. The monoisotopic (exact) mass is 392 g/mol. The van der Waals surface area contributed by atoms with Gasteiger partial charge in [0.05, 0.1) is 11.0 Å². The highest BCUT2D eigenvalue weighted by Crippen LogP contribution is 2.12. The molecule has 0 atom stereocenters. The Balaban J connectivity index is 1.65. The van der Waals surface area contributed by atoms with Crippen LogP contribution >= 0.6 is 11.3 Å². The number of nitrogens with zero attached hydrogens (tertiary/aromatic N) is 4. The molecule has 0 saturated carbocycles. The summed E-state index contributed by atoms with van der Waals surface area (Å²) in [5.41, 5.74) is 2.53. The fourth-order valence-corrected chi connectivity index (χ4v) is 4.04. The number of carbonyl (C=O) groups is 1. The number of imidazole rings is 1. The van der Waals surface area contributed by atoms with Crippen LogP contribution in [-0.2, 0) is 24.4 Å². The second kappa shape index (κ2) is 7.82. The van der Waals surface area contributed by atoms with Crippen molar-refractivity contribution in [2.75, 3.05) is 0 Å². The maximum atomic E-state index is 12.7. The van der Waals surface area contributed by atoms with Crippen molar-refractivity contribution in [3.05, 3.63) is 87.0 Å². The summed E-state index contributed by atoms with van der Waals surface area (Å²) < 4.78 is 5.11. The highest BCUT2D eigenvalue weighted by molar-refractivity contribution is 7.07. The van der Waals surface area contributed by atoms with Crippen molar-refractivity contribution >= 4 is 28.3 Å². The summed E-state index contributed by atoms with van der Waals surface area (Å²) in [6, 6.07) is 17.5. The Morgan fingerprint density at radius 2 is 1.68 bits per heavy atom. The van der Waals surface area contributed by atoms with Crippen LogP contribution < -0.4 is 10.5 Å². The van der Waals surface area contributed by atoms with Gasteiger partial charge in [-0.05, 0) is 24.6 Å². The minimum absolute atomic E-state index is 0.0738. The number of carbonyl (C=O) groups excluding carboxylic acids is 1. The van der Waals surface area contributed by atoms with Gasteiger partial charge in [-0.15, -0.1) is 11.3 Å². The van der Waals surface area contributed by atoms with E-state index in [4.69, 9.17) is 0 Å². The summed E-state index contributed by atoms with van der Waals surface area (Å²) in [5.74, 6) is -0.342. The van der Waals surface area contributed by atoms with Crippen LogP contribution in [0.25, 0.3) is 11.0 Å². The summed E-state index contributed by atoms with van der Waals surface area (Å²) in [7, 11) is 0. The normalized spacial score (nSPS) is 12.0. The molecule has 0 radical (unpaired) electrons. The minimum Gasteiger partial charge on any atom is -0.319 e. The molecule has 1 amide bonds. The molecule has 142 valence electrons. The highest BCUT2D eigenvalue weighted by Gasteiger charge is 2.14. The molecule has 0 aliphatic rings. The maximum Gasteiger partial charge on any atom is 0.329 e. The van der Waals surface area contributed by atoms with Crippen LogP contribution in [0, 0.1) is 0 Å². The number of benzene rings is 2. The Morgan fingerprint density at radius 3 is 2.39 bits per heavy atom. The molecule has 0 fully saturated rings. The van der Waals surface area contributed by atoms with Crippen LogP contribution in [-0.4, -0.2) is 19.6 Å². The number of fused-ring (bicyclic) bond motifs is 1. The topological polar surface area (TPSA) is 61.3 Å². The van der Waals surface area contributed by atoms with Crippen LogP contribution in [0.1, 0.15) is 12.5 Å². The minimum atomic E-state index is -0.342. The number of amides is 1. The summed E-state index contributed by atoms with van der Waals surface area (Å²) in [6.07, 6.45) is 1.92. The van der Waals surface area contributed by atoms with E-state index in [-0.39, 0.29) is 18.1 Å². The first-order valence-corrected chi connectivity index (χ1v) is 9.99. The fraction of sp³-hybridized carbons (Fsp3) is 0.190. The van der Waals surface area contributed by atoms with Gasteiger partial charge < -0.3 is 4.57 Å². The second-order valence-electron chi connectivity index (χ2n) is 6.41. The lowest BCUT2D eigenvalue weighted by Gasteiger charge is -2.03. The molecule has 7 heteroatoms. The van der Waals surface area contributed by atoms with Gasteiger partial charge in [0, 0.05) is 24.7 Å². The molecule has 4 rings (SSSR count). The molecule has 0 spiro atoms. The molecule has 28 heavy (non-hydrogen) atoms. The van der Waals surface area contributed by atoms with Gasteiger partial charge in [0.25, 0.3) is 5.91 Å². The number of aryl methyl sites for hydroxylation is 1. The maximum absolute atomic E-state index is 12.7. The van der Waals surface area contributed by atoms with Crippen molar-refractivity contribution in [2.24, 2.45) is 4.99 Å². The Bertz CT molecular complexity index is 1240. The van der Waals surface area contributed by atoms with Crippen molar-refractivity contribution in [3.8, 4) is 0 Å². The van der Waals surface area contributed by atoms with Gasteiger partial charge >= 0.3 is 5.69 Å².